The van der Waals surface area contributed by atoms with Crippen molar-refractivity contribution in [2.75, 3.05) is 5.73 Å². The average molecular weight is 185 g/mol. The molecule has 2 aromatic heterocycles. The van der Waals surface area contributed by atoms with E-state index >= 15 is 0 Å². The van der Waals surface area contributed by atoms with Crippen molar-refractivity contribution in [3.05, 3.63) is 30.7 Å². The molecule has 2 N–H and O–H groups in total. The lowest BCUT2D eigenvalue weighted by atomic mass is 10.2. The predicted molar refractivity (Wildman–Crippen MR) is 52.7 cm³/mol. The Bertz CT molecular complexity index is 613. The lowest BCUT2D eigenvalue weighted by molar-refractivity contribution is 1.11. The second-order valence-electron chi connectivity index (χ2n) is 3.07. The van der Waals surface area contributed by atoms with Gasteiger partial charge in [-0.2, -0.15) is 0 Å². The van der Waals surface area contributed by atoms with E-state index in [1.165, 1.54) is 0 Å². The molecule has 5 heteroatoms. The van der Waals surface area contributed by atoms with Gasteiger partial charge in [-0.05, 0) is 18.2 Å². The molecule has 3 aromatic rings. The first kappa shape index (κ1) is 7.25. The number of aromatic nitrogens is 4. The van der Waals surface area contributed by atoms with Gasteiger partial charge in [0.25, 0.3) is 0 Å². The number of nitrogen functional groups attached to an aromatic ring is 1. The van der Waals surface area contributed by atoms with Gasteiger partial charge >= 0.3 is 0 Å². The molecule has 0 radical (unpaired) electrons. The number of fused-ring (bicyclic) bond motifs is 3. The van der Waals surface area contributed by atoms with Crippen molar-refractivity contribution in [2.24, 2.45) is 0 Å². The quantitative estimate of drug-likeness (QED) is 0.527. The molecular formula is C9H7N5. The van der Waals surface area contributed by atoms with E-state index in [0.717, 1.165) is 16.7 Å². The van der Waals surface area contributed by atoms with Gasteiger partial charge in [0.15, 0.2) is 5.65 Å². The first-order chi connectivity index (χ1) is 6.84. The number of rotatable bonds is 0. The summed E-state index contributed by atoms with van der Waals surface area (Å²) in [5, 5.41) is 7.73. The molecule has 0 aliphatic rings. The van der Waals surface area contributed by atoms with Crippen molar-refractivity contribution in [1.29, 1.82) is 0 Å². The summed E-state index contributed by atoms with van der Waals surface area (Å²) in [5.74, 6) is 0. The first-order valence-electron chi connectivity index (χ1n) is 4.18. The maximum absolute atomic E-state index is 5.66. The fourth-order valence-corrected chi connectivity index (χ4v) is 1.49. The van der Waals surface area contributed by atoms with E-state index in [4.69, 9.17) is 5.73 Å². The second kappa shape index (κ2) is 2.41. The van der Waals surface area contributed by atoms with Crippen LogP contribution >= 0.6 is 0 Å². The molecule has 14 heavy (non-hydrogen) atoms. The number of hydrogen-bond donors (Lipinski definition) is 1. The van der Waals surface area contributed by atoms with Gasteiger partial charge < -0.3 is 5.73 Å². The van der Waals surface area contributed by atoms with E-state index < -0.39 is 0 Å². The molecule has 0 saturated carbocycles. The summed E-state index contributed by atoms with van der Waals surface area (Å²) in [7, 11) is 0. The summed E-state index contributed by atoms with van der Waals surface area (Å²) in [6.45, 7) is 0. The van der Waals surface area contributed by atoms with Gasteiger partial charge in [0.05, 0.1) is 17.2 Å². The Balaban J connectivity index is 2.57. The van der Waals surface area contributed by atoms with E-state index in [0.29, 0.717) is 5.69 Å². The van der Waals surface area contributed by atoms with Gasteiger partial charge in [0.2, 0.25) is 0 Å². The monoisotopic (exact) mass is 185 g/mol. The largest absolute Gasteiger partial charge is 0.399 e. The van der Waals surface area contributed by atoms with Crippen molar-refractivity contribution in [1.82, 2.24) is 19.6 Å². The molecule has 0 aliphatic heterocycles. The summed E-state index contributed by atoms with van der Waals surface area (Å²) in [4.78, 5) is 4.24. The smallest absolute Gasteiger partial charge is 0.179 e. The Labute approximate surface area is 79.2 Å². The average Bonchev–Trinajstić information content (AvgIpc) is 2.65. The molecular weight excluding hydrogens is 178 g/mol. The highest BCUT2D eigenvalue weighted by Crippen LogP contribution is 2.15. The summed E-state index contributed by atoms with van der Waals surface area (Å²) in [6, 6.07) is 5.58. The molecule has 0 amide bonds. The van der Waals surface area contributed by atoms with Gasteiger partial charge in [-0.15, -0.1) is 10.2 Å². The zero-order valence-corrected chi connectivity index (χ0v) is 7.25. The number of nitrogens with two attached hydrogens (primary N) is 1. The zero-order valence-electron chi connectivity index (χ0n) is 7.25. The molecule has 5 nitrogen and oxygen atoms in total. The maximum Gasteiger partial charge on any atom is 0.179 e. The highest BCUT2D eigenvalue weighted by Gasteiger charge is 2.01. The standard InChI is InChI=1S/C9H7N5/c10-6-1-2-8-7(3-6)11-4-9-13-12-5-14(8)9/h1-5H,10H2. The fourth-order valence-electron chi connectivity index (χ4n) is 1.49. The predicted octanol–water partition coefficient (Wildman–Crippen LogP) is 0.860. The van der Waals surface area contributed by atoms with Crippen molar-refractivity contribution in [2.45, 2.75) is 0 Å². The molecule has 0 fully saturated rings. The summed E-state index contributed by atoms with van der Waals surface area (Å²) in [5.41, 5.74) is 8.91. The van der Waals surface area contributed by atoms with Crippen molar-refractivity contribution >= 4 is 22.4 Å². The highest BCUT2D eigenvalue weighted by atomic mass is 15.2. The Morgan fingerprint density at radius 1 is 1.29 bits per heavy atom. The molecule has 1 aromatic carbocycles. The van der Waals surface area contributed by atoms with Crippen molar-refractivity contribution in [3.8, 4) is 0 Å². The van der Waals surface area contributed by atoms with Gasteiger partial charge in [-0.25, -0.2) is 0 Å². The first-order valence-corrected chi connectivity index (χ1v) is 4.18. The van der Waals surface area contributed by atoms with E-state index in [-0.39, 0.29) is 0 Å². The minimum atomic E-state index is 0.706. The van der Waals surface area contributed by atoms with Gasteiger partial charge in [-0.1, -0.05) is 0 Å². The Hall–Kier alpha value is -2.17. The molecule has 0 saturated heterocycles. The summed E-state index contributed by atoms with van der Waals surface area (Å²) in [6.07, 6.45) is 3.34. The molecule has 0 unspecified atom stereocenters. The topological polar surface area (TPSA) is 69.1 Å². The van der Waals surface area contributed by atoms with Crippen LogP contribution in [0.4, 0.5) is 5.69 Å². The van der Waals surface area contributed by atoms with E-state index in [9.17, 15) is 0 Å². The molecule has 0 aliphatic carbocycles. The molecule has 0 bridgehead atoms. The highest BCUT2D eigenvalue weighted by molar-refractivity contribution is 5.80. The third-order valence-corrected chi connectivity index (χ3v) is 2.15. The van der Waals surface area contributed by atoms with Crippen LogP contribution in [0.15, 0.2) is 30.7 Å². The van der Waals surface area contributed by atoms with Crippen LogP contribution in [0.3, 0.4) is 0 Å². The van der Waals surface area contributed by atoms with Crippen LogP contribution in [-0.4, -0.2) is 19.6 Å². The van der Waals surface area contributed by atoms with Crippen LogP contribution in [0.2, 0.25) is 0 Å². The van der Waals surface area contributed by atoms with Crippen LogP contribution in [0.25, 0.3) is 16.7 Å². The molecule has 68 valence electrons. The van der Waals surface area contributed by atoms with Crippen molar-refractivity contribution < 1.29 is 0 Å². The minimum absolute atomic E-state index is 0.706. The SMILES string of the molecule is Nc1ccc2c(c1)ncc1nncn12. The fraction of sp³-hybridized carbons (Fsp3) is 0. The van der Waals surface area contributed by atoms with Crippen LogP contribution in [-0.2, 0) is 0 Å². The third-order valence-electron chi connectivity index (χ3n) is 2.15. The third kappa shape index (κ3) is 0.861. The molecule has 3 rings (SSSR count). The Kier molecular flexibility index (Phi) is 1.25. The van der Waals surface area contributed by atoms with E-state index in [2.05, 4.69) is 15.2 Å². The van der Waals surface area contributed by atoms with Gasteiger partial charge in [-0.3, -0.25) is 9.38 Å². The van der Waals surface area contributed by atoms with Gasteiger partial charge in [0, 0.05) is 5.69 Å². The maximum atomic E-state index is 5.66. The molecule has 2 heterocycles. The van der Waals surface area contributed by atoms with Crippen molar-refractivity contribution in [3.63, 3.8) is 0 Å². The van der Waals surface area contributed by atoms with Crippen LogP contribution in [0.5, 0.6) is 0 Å². The summed E-state index contributed by atoms with van der Waals surface area (Å²) < 4.78 is 1.88. The second-order valence-corrected chi connectivity index (χ2v) is 3.07. The van der Waals surface area contributed by atoms with E-state index in [1.54, 1.807) is 12.5 Å². The molecule has 0 spiro atoms. The number of hydrogen-bond acceptors (Lipinski definition) is 4. The zero-order chi connectivity index (χ0) is 9.54. The van der Waals surface area contributed by atoms with Gasteiger partial charge in [0.1, 0.15) is 6.33 Å². The summed E-state index contributed by atoms with van der Waals surface area (Å²) >= 11 is 0. The lowest BCUT2D eigenvalue weighted by Gasteiger charge is -2.00. The molecule has 0 atom stereocenters. The minimum Gasteiger partial charge on any atom is -0.399 e. The Morgan fingerprint density at radius 2 is 2.21 bits per heavy atom. The van der Waals surface area contributed by atoms with Crippen LogP contribution in [0.1, 0.15) is 0 Å². The van der Waals surface area contributed by atoms with Crippen LogP contribution in [0, 0.1) is 0 Å². The normalized spacial score (nSPS) is 11.1. The number of benzene rings is 1. The number of anilines is 1. The Morgan fingerprint density at radius 3 is 3.14 bits per heavy atom. The van der Waals surface area contributed by atoms with Crippen LogP contribution < -0.4 is 5.73 Å². The number of nitrogens with zero attached hydrogens (tertiary/aromatic N) is 4. The lowest BCUT2D eigenvalue weighted by Crippen LogP contribution is -1.91. The van der Waals surface area contributed by atoms with E-state index in [1.807, 2.05) is 22.6 Å².